The van der Waals surface area contributed by atoms with Gasteiger partial charge in [0, 0.05) is 5.92 Å². The zero-order chi connectivity index (χ0) is 7.26. The minimum absolute atomic E-state index is 0.463. The molecule has 2 nitrogen and oxygen atoms in total. The molecule has 2 heterocycles. The lowest BCUT2D eigenvalue weighted by molar-refractivity contribution is 0.0152. The van der Waals surface area contributed by atoms with Crippen molar-refractivity contribution in [2.24, 2.45) is 11.8 Å². The van der Waals surface area contributed by atoms with Gasteiger partial charge in [0.2, 0.25) is 0 Å². The maximum Gasteiger partial charge on any atom is 0.0866 e. The van der Waals surface area contributed by atoms with Gasteiger partial charge in [-0.15, -0.1) is 0 Å². The molecule has 1 saturated carbocycles. The summed E-state index contributed by atoms with van der Waals surface area (Å²) in [4.78, 5) is 0. The molecule has 4 atom stereocenters. The van der Waals surface area contributed by atoms with E-state index < -0.39 is 0 Å². The first kappa shape index (κ1) is 6.44. The second-order valence-electron chi connectivity index (χ2n) is 4.01. The summed E-state index contributed by atoms with van der Waals surface area (Å²) in [5.41, 5.74) is 0. The summed E-state index contributed by atoms with van der Waals surface area (Å²) in [5, 5.41) is 0. The van der Waals surface area contributed by atoms with Crippen LogP contribution >= 0.6 is 0 Å². The van der Waals surface area contributed by atoms with Crippen molar-refractivity contribution in [3.63, 3.8) is 0 Å². The van der Waals surface area contributed by atoms with E-state index in [-0.39, 0.29) is 0 Å². The van der Waals surface area contributed by atoms with E-state index in [9.17, 15) is 0 Å². The molecule has 4 unspecified atom stereocenters. The van der Waals surface area contributed by atoms with Crippen LogP contribution in [0.5, 0.6) is 0 Å². The number of fused-ring (bicyclic) bond motifs is 3. The average Bonchev–Trinajstić information content (AvgIpc) is 2.52. The smallest absolute Gasteiger partial charge is 0.0866 e. The monoisotopic (exact) mass is 154 g/mol. The molecule has 3 rings (SSSR count). The van der Waals surface area contributed by atoms with E-state index in [4.69, 9.17) is 9.47 Å². The number of hydrogen-bond acceptors (Lipinski definition) is 2. The lowest BCUT2D eigenvalue weighted by atomic mass is 9.90. The Morgan fingerprint density at radius 1 is 0.909 bits per heavy atom. The Bertz CT molecular complexity index is 151. The van der Waals surface area contributed by atoms with Gasteiger partial charge in [0.25, 0.3) is 0 Å². The summed E-state index contributed by atoms with van der Waals surface area (Å²) in [6, 6.07) is 0. The van der Waals surface area contributed by atoms with Gasteiger partial charge in [0.05, 0.1) is 25.4 Å². The van der Waals surface area contributed by atoms with Crippen LogP contribution in [0.4, 0.5) is 0 Å². The van der Waals surface area contributed by atoms with Crippen molar-refractivity contribution < 1.29 is 9.47 Å². The SMILES string of the molecule is C1CC2OC3COCC3C2C1. The van der Waals surface area contributed by atoms with Crippen molar-refractivity contribution >= 4 is 0 Å². The molecule has 0 spiro atoms. The zero-order valence-electron chi connectivity index (χ0n) is 6.66. The first-order valence-electron chi connectivity index (χ1n) is 4.68. The number of ether oxygens (including phenoxy) is 2. The molecule has 0 radical (unpaired) electrons. The molecule has 62 valence electrons. The quantitative estimate of drug-likeness (QED) is 0.522. The van der Waals surface area contributed by atoms with Crippen LogP contribution in [0, 0.1) is 11.8 Å². The molecule has 0 bridgehead atoms. The Morgan fingerprint density at radius 3 is 2.91 bits per heavy atom. The molecular formula is C9H14O2. The standard InChI is InChI=1S/C9H14O2/c1-2-6-7-4-10-5-9(7)11-8(6)3-1/h6-9H,1-5H2. The van der Waals surface area contributed by atoms with Crippen molar-refractivity contribution in [1.82, 2.24) is 0 Å². The Hall–Kier alpha value is -0.0800. The summed E-state index contributed by atoms with van der Waals surface area (Å²) in [6.07, 6.45) is 5.13. The Kier molecular flexibility index (Phi) is 1.29. The predicted molar refractivity (Wildman–Crippen MR) is 40.3 cm³/mol. The summed E-state index contributed by atoms with van der Waals surface area (Å²) in [5.74, 6) is 1.60. The van der Waals surface area contributed by atoms with E-state index in [1.165, 1.54) is 19.3 Å². The van der Waals surface area contributed by atoms with Crippen LogP contribution in [-0.2, 0) is 9.47 Å². The Morgan fingerprint density at radius 2 is 1.91 bits per heavy atom. The molecule has 2 saturated heterocycles. The average molecular weight is 154 g/mol. The van der Waals surface area contributed by atoms with E-state index >= 15 is 0 Å². The highest BCUT2D eigenvalue weighted by molar-refractivity contribution is 4.96. The molecule has 0 aromatic rings. The molecule has 1 aliphatic carbocycles. The predicted octanol–water partition coefficient (Wildman–Crippen LogP) is 1.20. The van der Waals surface area contributed by atoms with Gasteiger partial charge >= 0.3 is 0 Å². The highest BCUT2D eigenvalue weighted by Crippen LogP contribution is 2.45. The van der Waals surface area contributed by atoms with Crippen LogP contribution in [0.1, 0.15) is 19.3 Å². The van der Waals surface area contributed by atoms with Gasteiger partial charge in [-0.2, -0.15) is 0 Å². The van der Waals surface area contributed by atoms with E-state index in [1.807, 2.05) is 0 Å². The van der Waals surface area contributed by atoms with Gasteiger partial charge in [0.15, 0.2) is 0 Å². The summed E-state index contributed by atoms with van der Waals surface area (Å²) in [6.45, 7) is 1.82. The second-order valence-corrected chi connectivity index (χ2v) is 4.01. The van der Waals surface area contributed by atoms with E-state index in [0.717, 1.165) is 25.0 Å². The molecule has 2 aliphatic heterocycles. The first-order valence-corrected chi connectivity index (χ1v) is 4.68. The molecule has 2 heteroatoms. The van der Waals surface area contributed by atoms with E-state index in [2.05, 4.69) is 0 Å². The van der Waals surface area contributed by atoms with Gasteiger partial charge in [0.1, 0.15) is 0 Å². The highest BCUT2D eigenvalue weighted by Gasteiger charge is 2.48. The van der Waals surface area contributed by atoms with Crippen LogP contribution in [0.15, 0.2) is 0 Å². The van der Waals surface area contributed by atoms with Crippen LogP contribution in [0.25, 0.3) is 0 Å². The second kappa shape index (κ2) is 2.20. The van der Waals surface area contributed by atoms with Gasteiger partial charge in [-0.3, -0.25) is 0 Å². The van der Waals surface area contributed by atoms with Gasteiger partial charge in [-0.25, -0.2) is 0 Å². The molecule has 3 fully saturated rings. The molecule has 0 aromatic heterocycles. The topological polar surface area (TPSA) is 18.5 Å². The zero-order valence-corrected chi connectivity index (χ0v) is 6.66. The van der Waals surface area contributed by atoms with E-state index in [0.29, 0.717) is 12.2 Å². The fourth-order valence-corrected chi connectivity index (χ4v) is 2.93. The third-order valence-electron chi connectivity index (χ3n) is 3.47. The maximum atomic E-state index is 5.88. The van der Waals surface area contributed by atoms with Crippen molar-refractivity contribution in [1.29, 1.82) is 0 Å². The molecule has 0 aromatic carbocycles. The lowest BCUT2D eigenvalue weighted by Gasteiger charge is -2.11. The summed E-state index contributed by atoms with van der Waals surface area (Å²) >= 11 is 0. The fraction of sp³-hybridized carbons (Fsp3) is 1.00. The molecule has 0 N–H and O–H groups in total. The van der Waals surface area contributed by atoms with Crippen molar-refractivity contribution in [2.75, 3.05) is 13.2 Å². The van der Waals surface area contributed by atoms with Gasteiger partial charge < -0.3 is 9.47 Å². The van der Waals surface area contributed by atoms with Crippen molar-refractivity contribution in [3.8, 4) is 0 Å². The van der Waals surface area contributed by atoms with Crippen LogP contribution < -0.4 is 0 Å². The highest BCUT2D eigenvalue weighted by atomic mass is 16.6. The fourth-order valence-electron chi connectivity index (χ4n) is 2.93. The summed E-state index contributed by atoms with van der Waals surface area (Å²) < 4.78 is 11.3. The maximum absolute atomic E-state index is 5.88. The minimum Gasteiger partial charge on any atom is -0.378 e. The van der Waals surface area contributed by atoms with Crippen molar-refractivity contribution in [3.05, 3.63) is 0 Å². The minimum atomic E-state index is 0.463. The first-order chi connectivity index (χ1) is 5.45. The molecule has 3 aliphatic rings. The van der Waals surface area contributed by atoms with Gasteiger partial charge in [-0.1, -0.05) is 6.42 Å². The summed E-state index contributed by atoms with van der Waals surface area (Å²) in [7, 11) is 0. The van der Waals surface area contributed by atoms with Crippen molar-refractivity contribution in [2.45, 2.75) is 31.5 Å². The molecular weight excluding hydrogens is 140 g/mol. The largest absolute Gasteiger partial charge is 0.378 e. The molecule has 0 amide bonds. The third kappa shape index (κ3) is 0.798. The molecule has 11 heavy (non-hydrogen) atoms. The Labute approximate surface area is 66.9 Å². The van der Waals surface area contributed by atoms with Gasteiger partial charge in [-0.05, 0) is 18.8 Å². The Balaban J connectivity index is 1.84. The van der Waals surface area contributed by atoms with Crippen LogP contribution in [-0.4, -0.2) is 25.4 Å². The normalized spacial score (nSPS) is 54.5. The lowest BCUT2D eigenvalue weighted by Crippen LogP contribution is -2.17. The van der Waals surface area contributed by atoms with E-state index in [1.54, 1.807) is 0 Å². The third-order valence-corrected chi connectivity index (χ3v) is 3.47. The number of hydrogen-bond donors (Lipinski definition) is 0. The van der Waals surface area contributed by atoms with Crippen LogP contribution in [0.3, 0.4) is 0 Å². The van der Waals surface area contributed by atoms with Crippen LogP contribution in [0.2, 0.25) is 0 Å². The number of rotatable bonds is 0.